The number of carbonyl (C=O) groups is 1. The third-order valence-electron chi connectivity index (χ3n) is 3.55. The third-order valence-corrected chi connectivity index (χ3v) is 4.79. The second kappa shape index (κ2) is 7.92. The van der Waals surface area contributed by atoms with E-state index in [1.165, 1.54) is 24.4 Å². The highest BCUT2D eigenvalue weighted by Gasteiger charge is 2.16. The van der Waals surface area contributed by atoms with E-state index < -0.39 is 10.8 Å². The monoisotopic (exact) mass is 498 g/mol. The summed E-state index contributed by atoms with van der Waals surface area (Å²) in [6.45, 7) is 1.82. The molecular weight excluding hydrogens is 487 g/mol. The number of benzene rings is 2. The van der Waals surface area contributed by atoms with E-state index in [1.807, 2.05) is 29.5 Å². The molecule has 3 aromatic rings. The molecule has 0 aliphatic rings. The van der Waals surface area contributed by atoms with Crippen LogP contribution in [-0.2, 0) is 0 Å². The van der Waals surface area contributed by atoms with Gasteiger partial charge in [0.1, 0.15) is 17.2 Å². The van der Waals surface area contributed by atoms with Crippen LogP contribution in [0.1, 0.15) is 16.1 Å². The largest absolute Gasteiger partial charge is 0.457 e. The van der Waals surface area contributed by atoms with Gasteiger partial charge < -0.3 is 10.1 Å². The third kappa shape index (κ3) is 4.55. The van der Waals surface area contributed by atoms with Crippen LogP contribution in [0.5, 0.6) is 11.5 Å². The Bertz CT molecular complexity index is 1040. The number of halogens is 2. The van der Waals surface area contributed by atoms with Gasteiger partial charge in [-0.3, -0.25) is 20.0 Å². The van der Waals surface area contributed by atoms with E-state index in [0.717, 1.165) is 5.56 Å². The second-order valence-corrected chi connectivity index (χ2v) is 7.10. The minimum absolute atomic E-state index is 0.209. The first kappa shape index (κ1) is 19.1. The highest BCUT2D eigenvalue weighted by molar-refractivity contribution is 14.1. The number of hydrogen-bond acceptors (Lipinski definition) is 5. The van der Waals surface area contributed by atoms with Gasteiger partial charge in [0.25, 0.3) is 11.6 Å². The standard InChI is InChI=1S/C17H12ClIN4O4/c1-9-4-12(2-3-14(9)18)27-13-6-10(5-11(7-13)23(25)26)21-17(24)16-15(19)8-20-22-16/h2-8H,1H3,(H,20,22)(H,21,24). The molecule has 0 saturated heterocycles. The molecule has 3 rings (SSSR count). The van der Waals surface area contributed by atoms with E-state index in [2.05, 4.69) is 15.5 Å². The lowest BCUT2D eigenvalue weighted by Crippen LogP contribution is -2.14. The Hall–Kier alpha value is -2.66. The summed E-state index contributed by atoms with van der Waals surface area (Å²) in [5.74, 6) is 0.212. The molecule has 2 aromatic carbocycles. The van der Waals surface area contributed by atoms with Crippen molar-refractivity contribution in [1.82, 2.24) is 10.2 Å². The lowest BCUT2D eigenvalue weighted by atomic mass is 10.2. The number of aromatic nitrogens is 2. The Morgan fingerprint density at radius 3 is 2.70 bits per heavy atom. The molecule has 27 heavy (non-hydrogen) atoms. The van der Waals surface area contributed by atoms with Gasteiger partial charge in [0.2, 0.25) is 0 Å². The summed E-state index contributed by atoms with van der Waals surface area (Å²) < 4.78 is 6.33. The number of aromatic amines is 1. The van der Waals surface area contributed by atoms with Gasteiger partial charge in [0.05, 0.1) is 26.4 Å². The van der Waals surface area contributed by atoms with Crippen molar-refractivity contribution in [2.45, 2.75) is 6.92 Å². The lowest BCUT2D eigenvalue weighted by Gasteiger charge is -2.10. The number of rotatable bonds is 5. The Labute approximate surface area is 172 Å². The van der Waals surface area contributed by atoms with Gasteiger partial charge in [-0.25, -0.2) is 0 Å². The van der Waals surface area contributed by atoms with Crippen molar-refractivity contribution in [3.05, 3.63) is 72.6 Å². The Kier molecular flexibility index (Phi) is 5.61. The van der Waals surface area contributed by atoms with E-state index in [9.17, 15) is 14.9 Å². The quantitative estimate of drug-likeness (QED) is 0.294. The normalized spacial score (nSPS) is 10.5. The molecule has 138 valence electrons. The average Bonchev–Trinajstić information content (AvgIpc) is 3.04. The molecule has 8 nitrogen and oxygen atoms in total. The van der Waals surface area contributed by atoms with Crippen LogP contribution in [0.4, 0.5) is 11.4 Å². The zero-order valence-electron chi connectivity index (χ0n) is 13.8. The fourth-order valence-corrected chi connectivity index (χ4v) is 2.88. The maximum Gasteiger partial charge on any atom is 0.275 e. The predicted molar refractivity (Wildman–Crippen MR) is 109 cm³/mol. The molecule has 0 fully saturated rings. The molecule has 10 heteroatoms. The average molecular weight is 499 g/mol. The highest BCUT2D eigenvalue weighted by atomic mass is 127. The molecule has 1 heterocycles. The Morgan fingerprint density at radius 1 is 1.30 bits per heavy atom. The SMILES string of the molecule is Cc1cc(Oc2cc(NC(=O)c3[nH]ncc3I)cc([N+](=O)[O-])c2)ccc1Cl. The van der Waals surface area contributed by atoms with E-state index in [-0.39, 0.29) is 22.8 Å². The summed E-state index contributed by atoms with van der Waals surface area (Å²) in [5, 5.41) is 20.8. The summed E-state index contributed by atoms with van der Waals surface area (Å²) in [4.78, 5) is 23.0. The van der Waals surface area contributed by atoms with Crippen LogP contribution < -0.4 is 10.1 Å². The van der Waals surface area contributed by atoms with Crippen LogP contribution in [0.25, 0.3) is 0 Å². The molecule has 0 saturated carbocycles. The number of nitro benzene ring substituents is 1. The molecule has 0 aliphatic heterocycles. The van der Waals surface area contributed by atoms with Crippen LogP contribution >= 0.6 is 34.2 Å². The van der Waals surface area contributed by atoms with E-state index in [4.69, 9.17) is 16.3 Å². The lowest BCUT2D eigenvalue weighted by molar-refractivity contribution is -0.384. The molecule has 1 aromatic heterocycles. The van der Waals surface area contributed by atoms with Gasteiger partial charge in [0, 0.05) is 17.2 Å². The zero-order chi connectivity index (χ0) is 19.6. The van der Waals surface area contributed by atoms with Gasteiger partial charge in [-0.2, -0.15) is 5.10 Å². The highest BCUT2D eigenvalue weighted by Crippen LogP contribution is 2.31. The number of ether oxygens (including phenoxy) is 1. The first-order chi connectivity index (χ1) is 12.8. The van der Waals surface area contributed by atoms with E-state index in [0.29, 0.717) is 14.3 Å². The summed E-state index contributed by atoms with van der Waals surface area (Å²) in [7, 11) is 0. The van der Waals surface area contributed by atoms with Crippen molar-refractivity contribution >= 4 is 51.5 Å². The second-order valence-electron chi connectivity index (χ2n) is 5.53. The zero-order valence-corrected chi connectivity index (χ0v) is 16.7. The predicted octanol–water partition coefficient (Wildman–Crippen LogP) is 4.93. The smallest absolute Gasteiger partial charge is 0.275 e. The van der Waals surface area contributed by atoms with Crippen molar-refractivity contribution in [2.75, 3.05) is 5.32 Å². The Morgan fingerprint density at radius 2 is 2.07 bits per heavy atom. The minimum Gasteiger partial charge on any atom is -0.457 e. The number of nitrogens with zero attached hydrogens (tertiary/aromatic N) is 2. The van der Waals surface area contributed by atoms with Gasteiger partial charge in [-0.05, 0) is 53.3 Å². The summed E-state index contributed by atoms with van der Waals surface area (Å²) in [6, 6.07) is 9.07. The number of carbonyl (C=O) groups excluding carboxylic acids is 1. The summed E-state index contributed by atoms with van der Waals surface area (Å²) >= 11 is 7.95. The number of aryl methyl sites for hydroxylation is 1. The fraction of sp³-hybridized carbons (Fsp3) is 0.0588. The van der Waals surface area contributed by atoms with Crippen LogP contribution in [0, 0.1) is 20.6 Å². The molecular formula is C17H12ClIN4O4. The number of hydrogen-bond donors (Lipinski definition) is 2. The first-order valence-electron chi connectivity index (χ1n) is 7.57. The number of amides is 1. The maximum absolute atomic E-state index is 12.3. The number of H-pyrrole nitrogens is 1. The van der Waals surface area contributed by atoms with Crippen LogP contribution in [0.2, 0.25) is 5.02 Å². The molecule has 0 aliphatic carbocycles. The van der Waals surface area contributed by atoms with E-state index in [1.54, 1.807) is 18.2 Å². The molecule has 0 spiro atoms. The van der Waals surface area contributed by atoms with Crippen molar-refractivity contribution in [1.29, 1.82) is 0 Å². The van der Waals surface area contributed by atoms with Gasteiger partial charge >= 0.3 is 0 Å². The molecule has 0 unspecified atom stereocenters. The fourth-order valence-electron chi connectivity index (χ4n) is 2.26. The van der Waals surface area contributed by atoms with Gasteiger partial charge in [-0.15, -0.1) is 0 Å². The minimum atomic E-state index is -0.560. The van der Waals surface area contributed by atoms with Crippen molar-refractivity contribution in [3.8, 4) is 11.5 Å². The van der Waals surface area contributed by atoms with Crippen LogP contribution in [0.3, 0.4) is 0 Å². The summed E-state index contributed by atoms with van der Waals surface area (Å²) in [5.41, 5.74) is 1.08. The number of anilines is 1. The number of nitro groups is 1. The molecule has 2 N–H and O–H groups in total. The molecule has 1 amide bonds. The van der Waals surface area contributed by atoms with Crippen molar-refractivity contribution in [2.24, 2.45) is 0 Å². The van der Waals surface area contributed by atoms with Gasteiger partial charge in [0.15, 0.2) is 0 Å². The van der Waals surface area contributed by atoms with Crippen LogP contribution in [0.15, 0.2) is 42.6 Å². The molecule has 0 atom stereocenters. The molecule has 0 radical (unpaired) electrons. The summed E-state index contributed by atoms with van der Waals surface area (Å²) in [6.07, 6.45) is 1.50. The maximum atomic E-state index is 12.3. The topological polar surface area (TPSA) is 110 Å². The Balaban J connectivity index is 1.90. The molecule has 0 bridgehead atoms. The van der Waals surface area contributed by atoms with Gasteiger partial charge in [-0.1, -0.05) is 11.6 Å². The van der Waals surface area contributed by atoms with E-state index >= 15 is 0 Å². The number of non-ortho nitro benzene ring substituents is 1. The number of nitrogens with one attached hydrogen (secondary N) is 2. The van der Waals surface area contributed by atoms with Crippen LogP contribution in [-0.4, -0.2) is 21.0 Å². The van der Waals surface area contributed by atoms with Crippen molar-refractivity contribution in [3.63, 3.8) is 0 Å². The van der Waals surface area contributed by atoms with Crippen molar-refractivity contribution < 1.29 is 14.5 Å². The first-order valence-corrected chi connectivity index (χ1v) is 9.03.